The van der Waals surface area contributed by atoms with Crippen LogP contribution in [0.2, 0.25) is 0 Å². The first kappa shape index (κ1) is 21.8. The predicted molar refractivity (Wildman–Crippen MR) is 132 cm³/mol. The number of ether oxygens (including phenoxy) is 1. The molecule has 0 radical (unpaired) electrons. The summed E-state index contributed by atoms with van der Waals surface area (Å²) in [5.74, 6) is 1.12. The average Bonchev–Trinajstić information content (AvgIpc) is 3.14. The van der Waals surface area contributed by atoms with E-state index < -0.39 is 0 Å². The Labute approximate surface area is 190 Å². The van der Waals surface area contributed by atoms with Crippen LogP contribution in [0.1, 0.15) is 6.92 Å². The van der Waals surface area contributed by atoms with E-state index in [-0.39, 0.29) is 6.03 Å². The van der Waals surface area contributed by atoms with Crippen LogP contribution in [-0.4, -0.2) is 54.7 Å². The fraction of sp³-hybridized carbons (Fsp3) is 0.261. The maximum atomic E-state index is 12.2. The van der Waals surface area contributed by atoms with Crippen molar-refractivity contribution in [3.8, 4) is 16.9 Å². The minimum Gasteiger partial charge on any atom is -0.490 e. The number of nitrogens with two attached hydrogens (primary N) is 1. The second-order valence-corrected chi connectivity index (χ2v) is 8.65. The van der Waals surface area contributed by atoms with Crippen LogP contribution in [0.15, 0.2) is 42.7 Å². The van der Waals surface area contributed by atoms with Crippen LogP contribution in [0.4, 0.5) is 16.3 Å². The number of nitrogen functional groups attached to an aromatic ring is 1. The first-order chi connectivity index (χ1) is 15.5. The number of amides is 2. The maximum Gasteiger partial charge on any atom is 0.319 e. The molecule has 4 aromatic rings. The molecule has 0 fully saturated rings. The number of hydrogen-bond donors (Lipinski definition) is 3. The normalized spacial score (nSPS) is 11.2. The highest BCUT2D eigenvalue weighted by molar-refractivity contribution is 7.26. The van der Waals surface area contributed by atoms with Crippen molar-refractivity contribution in [2.45, 2.75) is 6.92 Å². The molecule has 4 rings (SSSR count). The van der Waals surface area contributed by atoms with E-state index in [1.54, 1.807) is 11.3 Å². The lowest BCUT2D eigenvalue weighted by Gasteiger charge is -2.16. The third kappa shape index (κ3) is 4.58. The van der Waals surface area contributed by atoms with Crippen molar-refractivity contribution in [3.05, 3.63) is 42.7 Å². The van der Waals surface area contributed by atoms with Crippen molar-refractivity contribution in [1.29, 1.82) is 0 Å². The number of thiophene rings is 1. The van der Waals surface area contributed by atoms with E-state index in [2.05, 4.69) is 26.7 Å². The van der Waals surface area contributed by atoms with Gasteiger partial charge < -0.3 is 26.0 Å². The zero-order chi connectivity index (χ0) is 22.7. The molecule has 2 heterocycles. The fourth-order valence-corrected chi connectivity index (χ4v) is 4.47. The summed E-state index contributed by atoms with van der Waals surface area (Å²) >= 11 is 1.58. The molecule has 2 aromatic heterocycles. The highest BCUT2D eigenvalue weighted by atomic mass is 32.1. The largest absolute Gasteiger partial charge is 0.490 e. The van der Waals surface area contributed by atoms with Gasteiger partial charge in [0.1, 0.15) is 24.5 Å². The Morgan fingerprint density at radius 1 is 1.16 bits per heavy atom. The summed E-state index contributed by atoms with van der Waals surface area (Å²) in [6, 6.07) is 11.8. The van der Waals surface area contributed by atoms with Crippen LogP contribution in [0.3, 0.4) is 0 Å². The molecule has 0 saturated carbocycles. The number of carbonyl (C=O) groups excluding carboxylic acids is 1. The van der Waals surface area contributed by atoms with E-state index >= 15 is 0 Å². The van der Waals surface area contributed by atoms with Gasteiger partial charge >= 0.3 is 6.03 Å². The number of hydrogen-bond acceptors (Lipinski definition) is 7. The summed E-state index contributed by atoms with van der Waals surface area (Å²) in [7, 11) is 3.98. The van der Waals surface area contributed by atoms with Crippen molar-refractivity contribution < 1.29 is 9.53 Å². The first-order valence-corrected chi connectivity index (χ1v) is 11.2. The number of rotatable bonds is 7. The Balaban J connectivity index is 1.70. The van der Waals surface area contributed by atoms with Gasteiger partial charge in [-0.25, -0.2) is 14.8 Å². The van der Waals surface area contributed by atoms with Crippen LogP contribution in [0.25, 0.3) is 31.4 Å². The lowest BCUT2D eigenvalue weighted by atomic mass is 10.0. The number of fused-ring (bicyclic) bond motifs is 3. The molecular weight excluding hydrogens is 424 g/mol. The number of carbonyl (C=O) groups is 1. The number of nitrogens with one attached hydrogen (secondary N) is 2. The topological polar surface area (TPSA) is 105 Å². The highest BCUT2D eigenvalue weighted by Crippen LogP contribution is 2.38. The van der Waals surface area contributed by atoms with Crippen LogP contribution in [0.5, 0.6) is 5.75 Å². The summed E-state index contributed by atoms with van der Waals surface area (Å²) in [5, 5.41) is 6.72. The summed E-state index contributed by atoms with van der Waals surface area (Å²) < 4.78 is 7.90. The molecule has 2 amide bonds. The van der Waals surface area contributed by atoms with Gasteiger partial charge in [0, 0.05) is 23.2 Å². The molecule has 8 nitrogen and oxygen atoms in total. The Morgan fingerprint density at radius 3 is 2.72 bits per heavy atom. The van der Waals surface area contributed by atoms with Gasteiger partial charge in [-0.3, -0.25) is 0 Å². The summed E-state index contributed by atoms with van der Waals surface area (Å²) in [6.45, 7) is 3.71. The average molecular weight is 451 g/mol. The van der Waals surface area contributed by atoms with E-state index in [0.717, 1.165) is 38.0 Å². The zero-order valence-electron chi connectivity index (χ0n) is 18.3. The minimum absolute atomic E-state index is 0.267. The van der Waals surface area contributed by atoms with Crippen molar-refractivity contribution in [3.63, 3.8) is 0 Å². The smallest absolute Gasteiger partial charge is 0.319 e. The number of likely N-dealkylation sites (N-methyl/N-ethyl adjacent to an activating group) is 1. The third-order valence-corrected chi connectivity index (χ3v) is 6.14. The summed E-state index contributed by atoms with van der Waals surface area (Å²) in [5.41, 5.74) is 9.51. The molecule has 0 aliphatic heterocycles. The van der Waals surface area contributed by atoms with Gasteiger partial charge in [-0.2, -0.15) is 0 Å². The Morgan fingerprint density at radius 2 is 1.94 bits per heavy atom. The van der Waals surface area contributed by atoms with Crippen LogP contribution in [0, 0.1) is 0 Å². The van der Waals surface area contributed by atoms with E-state index in [1.807, 2.05) is 56.3 Å². The number of nitrogens with zero attached hydrogens (tertiary/aromatic N) is 3. The van der Waals surface area contributed by atoms with Gasteiger partial charge in [-0.15, -0.1) is 11.3 Å². The molecule has 0 aliphatic rings. The third-order valence-electron chi connectivity index (χ3n) is 4.97. The lowest BCUT2D eigenvalue weighted by Crippen LogP contribution is -2.28. The van der Waals surface area contributed by atoms with Gasteiger partial charge in [-0.05, 0) is 50.3 Å². The number of benzene rings is 2. The number of urea groups is 1. The zero-order valence-corrected chi connectivity index (χ0v) is 19.1. The van der Waals surface area contributed by atoms with Crippen LogP contribution < -0.4 is 21.1 Å². The Bertz CT molecular complexity index is 1270. The predicted octanol–water partition coefficient (Wildman–Crippen LogP) is 4.18. The van der Waals surface area contributed by atoms with E-state index in [9.17, 15) is 4.79 Å². The van der Waals surface area contributed by atoms with Crippen LogP contribution >= 0.6 is 11.3 Å². The molecule has 166 valence electrons. The van der Waals surface area contributed by atoms with Gasteiger partial charge in [0.2, 0.25) is 0 Å². The van der Waals surface area contributed by atoms with Gasteiger partial charge in [0.15, 0.2) is 0 Å². The quantitative estimate of drug-likeness (QED) is 0.390. The van der Waals surface area contributed by atoms with Crippen molar-refractivity contribution in [2.75, 3.05) is 44.8 Å². The number of anilines is 2. The maximum absolute atomic E-state index is 12.2. The Kier molecular flexibility index (Phi) is 6.38. The second-order valence-electron chi connectivity index (χ2n) is 7.60. The summed E-state index contributed by atoms with van der Waals surface area (Å²) in [6.07, 6.45) is 1.49. The molecule has 2 aromatic carbocycles. The molecule has 0 saturated heterocycles. The molecule has 0 unspecified atom stereocenters. The van der Waals surface area contributed by atoms with E-state index in [0.29, 0.717) is 30.4 Å². The first-order valence-electron chi connectivity index (χ1n) is 10.4. The molecule has 9 heteroatoms. The molecule has 4 N–H and O–H groups in total. The standard InChI is InChI=1S/C23H26N6O2S/c1-4-25-23(30)28-17-11-14(6-8-18(17)31-10-9-29(2)3)15-5-7-16-19(12-15)32-21-20(16)26-13-27-22(21)24/h5-8,11-13H,4,9-10H2,1-3H3,(H2,24,26,27)(H2,25,28,30). The van der Waals surface area contributed by atoms with E-state index in [1.165, 1.54) is 6.33 Å². The summed E-state index contributed by atoms with van der Waals surface area (Å²) in [4.78, 5) is 22.7. The molecule has 0 aliphatic carbocycles. The highest BCUT2D eigenvalue weighted by Gasteiger charge is 2.13. The lowest BCUT2D eigenvalue weighted by molar-refractivity contribution is 0.251. The van der Waals surface area contributed by atoms with Crippen molar-refractivity contribution >= 4 is 49.2 Å². The van der Waals surface area contributed by atoms with Crippen molar-refractivity contribution in [1.82, 2.24) is 20.2 Å². The van der Waals surface area contributed by atoms with E-state index in [4.69, 9.17) is 10.5 Å². The fourth-order valence-electron chi connectivity index (χ4n) is 3.37. The van der Waals surface area contributed by atoms with Crippen LogP contribution in [-0.2, 0) is 0 Å². The minimum atomic E-state index is -0.267. The molecule has 0 spiro atoms. The Hall–Kier alpha value is -3.43. The molecular formula is C23H26N6O2S. The van der Waals surface area contributed by atoms with Gasteiger partial charge in [-0.1, -0.05) is 18.2 Å². The molecule has 0 bridgehead atoms. The SMILES string of the molecule is CCNC(=O)Nc1cc(-c2ccc3c(c2)sc2c(N)ncnc23)ccc1OCCN(C)C. The van der Waals surface area contributed by atoms with Gasteiger partial charge in [0.05, 0.1) is 15.9 Å². The monoisotopic (exact) mass is 450 g/mol. The second kappa shape index (κ2) is 9.37. The van der Waals surface area contributed by atoms with Crippen molar-refractivity contribution in [2.24, 2.45) is 0 Å². The van der Waals surface area contributed by atoms with Gasteiger partial charge in [0.25, 0.3) is 0 Å². The molecule has 0 atom stereocenters. The molecule has 32 heavy (non-hydrogen) atoms. The number of aromatic nitrogens is 2.